The lowest BCUT2D eigenvalue weighted by Gasteiger charge is -2.43. The Hall–Kier alpha value is -0.813. The summed E-state index contributed by atoms with van der Waals surface area (Å²) in [6.45, 7) is 5.20. The van der Waals surface area contributed by atoms with Crippen LogP contribution in [0.5, 0.6) is 0 Å². The molecule has 0 aromatic heterocycles. The van der Waals surface area contributed by atoms with Crippen LogP contribution < -0.4 is 0 Å². The number of halogens is 7. The molecule has 0 aliphatic rings. The van der Waals surface area contributed by atoms with Gasteiger partial charge in [-0.25, -0.2) is 0 Å². The normalized spacial score (nSPS) is 16.0. The summed E-state index contributed by atoms with van der Waals surface area (Å²) in [5, 5.41) is 1.02. The number of rotatable bonds is 6. The lowest BCUT2D eigenvalue weighted by Crippen LogP contribution is -2.52. The Morgan fingerprint density at radius 3 is 1.58 bits per heavy atom. The highest BCUT2D eigenvalue weighted by molar-refractivity contribution is 6.69. The summed E-state index contributed by atoms with van der Waals surface area (Å²) < 4.78 is 85.0. The lowest BCUT2D eigenvalue weighted by molar-refractivity contribution is -0.253. The molecule has 1 aromatic rings. The van der Waals surface area contributed by atoms with Crippen LogP contribution in [0.15, 0.2) is 18.2 Å². The molecule has 0 saturated carbocycles. The Labute approximate surface area is 153 Å². The van der Waals surface area contributed by atoms with Crippen molar-refractivity contribution in [1.82, 2.24) is 5.06 Å². The first-order valence-electron chi connectivity index (χ1n) is 7.41. The zero-order valence-corrected chi connectivity index (χ0v) is 16.6. The molecule has 0 radical (unpaired) electrons. The van der Waals surface area contributed by atoms with Crippen molar-refractivity contribution in [3.05, 3.63) is 34.9 Å². The molecular formula is C15H20ClF6NO2Si. The molecule has 0 amide bonds. The summed E-state index contributed by atoms with van der Waals surface area (Å²) in [6.07, 6.45) is -9.95. The van der Waals surface area contributed by atoms with E-state index < -0.39 is 43.4 Å². The van der Waals surface area contributed by atoms with Gasteiger partial charge in [-0.15, -0.1) is 11.6 Å². The molecule has 0 aliphatic heterocycles. The second kappa shape index (κ2) is 7.67. The topological polar surface area (TPSA) is 21.7 Å². The summed E-state index contributed by atoms with van der Waals surface area (Å²) in [6, 6.07) is 1.27. The molecule has 0 bridgehead atoms. The fourth-order valence-corrected chi connectivity index (χ4v) is 4.13. The van der Waals surface area contributed by atoms with Crippen molar-refractivity contribution in [2.75, 3.05) is 20.0 Å². The molecule has 0 fully saturated rings. The first kappa shape index (κ1) is 23.2. The predicted octanol–water partition coefficient (Wildman–Crippen LogP) is 5.46. The van der Waals surface area contributed by atoms with Crippen LogP contribution >= 0.6 is 11.6 Å². The van der Waals surface area contributed by atoms with Gasteiger partial charge in [0.15, 0.2) is 14.0 Å². The minimum Gasteiger partial charge on any atom is -0.394 e. The van der Waals surface area contributed by atoms with E-state index in [2.05, 4.69) is 0 Å². The second-order valence-electron chi connectivity index (χ2n) is 6.61. The standard InChI is InChI=1S/C15H20ClF6NO2Si/c1-23(24-2)13(9-16,25-26(3,4)5)10-6-11(14(17,18)19)8-12(7-10)15(20,21)22/h6-8H,9H2,1-5H3. The molecule has 1 atom stereocenters. The molecule has 0 heterocycles. The monoisotopic (exact) mass is 423 g/mol. The van der Waals surface area contributed by atoms with Crippen LogP contribution in [0.1, 0.15) is 16.7 Å². The molecular weight excluding hydrogens is 404 g/mol. The fourth-order valence-electron chi connectivity index (χ4n) is 2.33. The molecule has 1 unspecified atom stereocenters. The summed E-state index contributed by atoms with van der Waals surface area (Å²) in [5.74, 6) is -0.444. The van der Waals surface area contributed by atoms with E-state index in [4.69, 9.17) is 20.9 Å². The molecule has 26 heavy (non-hydrogen) atoms. The average Bonchev–Trinajstić information content (AvgIpc) is 2.48. The largest absolute Gasteiger partial charge is 0.416 e. The maximum atomic E-state index is 13.2. The van der Waals surface area contributed by atoms with Crippen LogP contribution in [0.25, 0.3) is 0 Å². The van der Waals surface area contributed by atoms with Crippen LogP contribution in [-0.2, 0) is 27.3 Å². The molecule has 0 spiro atoms. The first-order chi connectivity index (χ1) is 11.6. The van der Waals surface area contributed by atoms with E-state index >= 15 is 0 Å². The van der Waals surface area contributed by atoms with Crippen molar-refractivity contribution < 1.29 is 35.6 Å². The summed E-state index contributed by atoms with van der Waals surface area (Å²) in [4.78, 5) is 5.04. The Balaban J connectivity index is 3.79. The summed E-state index contributed by atoms with van der Waals surface area (Å²) in [5.41, 5.74) is -5.09. The van der Waals surface area contributed by atoms with Crippen LogP contribution in [-0.4, -0.2) is 33.4 Å². The van der Waals surface area contributed by atoms with Gasteiger partial charge in [0.05, 0.1) is 24.1 Å². The smallest absolute Gasteiger partial charge is 0.394 e. The number of alkyl halides is 7. The van der Waals surface area contributed by atoms with Crippen molar-refractivity contribution in [3.8, 4) is 0 Å². The van der Waals surface area contributed by atoms with E-state index in [9.17, 15) is 26.3 Å². The Morgan fingerprint density at radius 2 is 1.31 bits per heavy atom. The van der Waals surface area contributed by atoms with Crippen LogP contribution in [0.2, 0.25) is 19.6 Å². The quantitative estimate of drug-likeness (QED) is 0.199. The molecule has 0 N–H and O–H groups in total. The van der Waals surface area contributed by atoms with Crippen molar-refractivity contribution in [2.45, 2.75) is 37.7 Å². The van der Waals surface area contributed by atoms with Gasteiger partial charge >= 0.3 is 12.4 Å². The van der Waals surface area contributed by atoms with Crippen LogP contribution in [0.3, 0.4) is 0 Å². The molecule has 150 valence electrons. The fraction of sp³-hybridized carbons (Fsp3) is 0.600. The van der Waals surface area contributed by atoms with Gasteiger partial charge in [-0.3, -0.25) is 4.84 Å². The van der Waals surface area contributed by atoms with Crippen LogP contribution in [0, 0.1) is 0 Å². The summed E-state index contributed by atoms with van der Waals surface area (Å²) in [7, 11) is 0.0742. The minimum atomic E-state index is -4.97. The van der Waals surface area contributed by atoms with E-state index in [-0.39, 0.29) is 11.6 Å². The highest BCUT2D eigenvalue weighted by atomic mass is 35.5. The van der Waals surface area contributed by atoms with Crippen LogP contribution in [0.4, 0.5) is 26.3 Å². The van der Waals surface area contributed by atoms with Gasteiger partial charge in [0, 0.05) is 12.6 Å². The number of benzene rings is 1. The maximum Gasteiger partial charge on any atom is 0.416 e. The highest BCUT2D eigenvalue weighted by Crippen LogP contribution is 2.41. The van der Waals surface area contributed by atoms with E-state index in [0.29, 0.717) is 12.1 Å². The van der Waals surface area contributed by atoms with Gasteiger partial charge in [-0.1, -0.05) is 0 Å². The number of hydrogen-bond acceptors (Lipinski definition) is 3. The van der Waals surface area contributed by atoms with Crippen molar-refractivity contribution in [2.24, 2.45) is 0 Å². The van der Waals surface area contributed by atoms with E-state index in [1.165, 1.54) is 14.2 Å². The predicted molar refractivity (Wildman–Crippen MR) is 88.0 cm³/mol. The zero-order valence-electron chi connectivity index (χ0n) is 14.8. The summed E-state index contributed by atoms with van der Waals surface area (Å²) >= 11 is 5.98. The van der Waals surface area contributed by atoms with Crippen molar-refractivity contribution in [1.29, 1.82) is 0 Å². The third kappa shape index (κ3) is 5.35. The average molecular weight is 424 g/mol. The number of hydroxylamine groups is 2. The van der Waals surface area contributed by atoms with E-state index in [0.717, 1.165) is 5.06 Å². The molecule has 3 nitrogen and oxygen atoms in total. The van der Waals surface area contributed by atoms with Gasteiger partial charge in [-0.05, 0) is 37.8 Å². The molecule has 0 saturated heterocycles. The zero-order chi connectivity index (χ0) is 20.6. The third-order valence-electron chi connectivity index (χ3n) is 3.48. The second-order valence-corrected chi connectivity index (χ2v) is 11.3. The lowest BCUT2D eigenvalue weighted by atomic mass is 9.97. The SMILES string of the molecule is CON(C)C(CCl)(O[Si](C)(C)C)c1cc(C(F)(F)F)cc(C(F)(F)F)c1. The third-order valence-corrected chi connectivity index (χ3v) is 4.79. The van der Waals surface area contributed by atoms with Gasteiger partial charge in [0.2, 0.25) is 0 Å². The van der Waals surface area contributed by atoms with Crippen molar-refractivity contribution in [3.63, 3.8) is 0 Å². The number of hydrogen-bond donors (Lipinski definition) is 0. The molecule has 1 aromatic carbocycles. The van der Waals surface area contributed by atoms with Gasteiger partial charge in [-0.2, -0.15) is 31.4 Å². The molecule has 0 aliphatic carbocycles. The molecule has 1 rings (SSSR count). The Bertz CT molecular complexity index is 600. The van der Waals surface area contributed by atoms with E-state index in [1.807, 2.05) is 0 Å². The Kier molecular flexibility index (Phi) is 6.85. The maximum absolute atomic E-state index is 13.2. The minimum absolute atomic E-state index is 0.0593. The van der Waals surface area contributed by atoms with E-state index in [1.54, 1.807) is 19.6 Å². The molecule has 11 heteroatoms. The van der Waals surface area contributed by atoms with Gasteiger partial charge in [0.1, 0.15) is 0 Å². The number of nitrogens with zero attached hydrogens (tertiary/aromatic N) is 1. The van der Waals surface area contributed by atoms with Gasteiger partial charge in [0.25, 0.3) is 0 Å². The van der Waals surface area contributed by atoms with Gasteiger partial charge < -0.3 is 4.43 Å². The Morgan fingerprint density at radius 1 is 0.923 bits per heavy atom. The van der Waals surface area contributed by atoms with Crippen molar-refractivity contribution >= 4 is 19.9 Å². The first-order valence-corrected chi connectivity index (χ1v) is 11.3. The highest BCUT2D eigenvalue weighted by Gasteiger charge is 2.45.